The van der Waals surface area contributed by atoms with Crippen LogP contribution in [0.2, 0.25) is 0 Å². The highest BCUT2D eigenvalue weighted by Crippen LogP contribution is 2.24. The van der Waals surface area contributed by atoms with Gasteiger partial charge in [0.1, 0.15) is 35.1 Å². The molecule has 0 radical (unpaired) electrons. The molecular formula is C16H11FO4. The fourth-order valence-electron chi connectivity index (χ4n) is 2.07. The monoisotopic (exact) mass is 286 g/mol. The average molecular weight is 286 g/mol. The first-order chi connectivity index (χ1) is 10.1. The van der Waals surface area contributed by atoms with Gasteiger partial charge < -0.3 is 14.3 Å². The van der Waals surface area contributed by atoms with Crippen molar-refractivity contribution in [2.24, 2.45) is 0 Å². The molecule has 0 spiro atoms. The number of carboxylic acid groups (broad SMARTS) is 1. The van der Waals surface area contributed by atoms with Crippen molar-refractivity contribution >= 4 is 16.9 Å². The van der Waals surface area contributed by atoms with Crippen LogP contribution in [-0.4, -0.2) is 11.1 Å². The molecule has 0 amide bonds. The second kappa shape index (κ2) is 5.28. The molecule has 2 aromatic carbocycles. The third-order valence-electron chi connectivity index (χ3n) is 3.00. The van der Waals surface area contributed by atoms with Crippen LogP contribution in [0, 0.1) is 5.82 Å². The lowest BCUT2D eigenvalue weighted by Crippen LogP contribution is -1.96. The average Bonchev–Trinajstić information content (AvgIpc) is 2.87. The lowest BCUT2D eigenvalue weighted by molar-refractivity contribution is 0.0697. The fraction of sp³-hybridized carbons (Fsp3) is 0.0625. The Bertz CT molecular complexity index is 807. The Kier molecular flexibility index (Phi) is 3.31. The number of fused-ring (bicyclic) bond motifs is 1. The van der Waals surface area contributed by atoms with Gasteiger partial charge in [0.05, 0.1) is 0 Å². The number of aromatic carboxylic acids is 1. The molecule has 1 aromatic heterocycles. The maximum absolute atomic E-state index is 13.0. The zero-order chi connectivity index (χ0) is 14.8. The summed E-state index contributed by atoms with van der Waals surface area (Å²) < 4.78 is 24.0. The molecule has 0 aliphatic heterocycles. The second-order valence-corrected chi connectivity index (χ2v) is 4.49. The Labute approximate surface area is 119 Å². The van der Waals surface area contributed by atoms with E-state index >= 15 is 0 Å². The Morgan fingerprint density at radius 3 is 2.76 bits per heavy atom. The minimum atomic E-state index is -1.05. The number of carbonyl (C=O) groups is 1. The molecule has 0 fully saturated rings. The Balaban J connectivity index is 1.85. The van der Waals surface area contributed by atoms with E-state index in [2.05, 4.69) is 0 Å². The van der Waals surface area contributed by atoms with Crippen molar-refractivity contribution in [2.75, 3.05) is 0 Å². The second-order valence-electron chi connectivity index (χ2n) is 4.49. The summed E-state index contributed by atoms with van der Waals surface area (Å²) >= 11 is 0. The molecule has 0 aliphatic carbocycles. The molecule has 106 valence electrons. The lowest BCUT2D eigenvalue weighted by atomic mass is 10.1. The topological polar surface area (TPSA) is 59.7 Å². The van der Waals surface area contributed by atoms with Crippen LogP contribution >= 0.6 is 0 Å². The van der Waals surface area contributed by atoms with E-state index in [1.165, 1.54) is 18.2 Å². The number of halogens is 1. The van der Waals surface area contributed by atoms with E-state index in [-0.39, 0.29) is 18.0 Å². The van der Waals surface area contributed by atoms with Gasteiger partial charge in [0, 0.05) is 11.5 Å². The number of ether oxygens (including phenoxy) is 1. The largest absolute Gasteiger partial charge is 0.486 e. The molecule has 0 aliphatic rings. The maximum Gasteiger partial charge on any atom is 0.339 e. The van der Waals surface area contributed by atoms with E-state index in [4.69, 9.17) is 14.3 Å². The van der Waals surface area contributed by atoms with Crippen LogP contribution in [0.1, 0.15) is 16.1 Å². The van der Waals surface area contributed by atoms with Crippen molar-refractivity contribution in [1.29, 1.82) is 0 Å². The minimum absolute atomic E-state index is 0.0944. The Morgan fingerprint density at radius 1 is 1.19 bits per heavy atom. The Morgan fingerprint density at radius 2 is 2.00 bits per heavy atom. The number of carboxylic acids is 1. The molecule has 0 saturated heterocycles. The minimum Gasteiger partial charge on any atom is -0.486 e. The van der Waals surface area contributed by atoms with Gasteiger partial charge in [0.2, 0.25) is 0 Å². The molecule has 0 bridgehead atoms. The van der Waals surface area contributed by atoms with Crippen molar-refractivity contribution in [3.63, 3.8) is 0 Å². The normalized spacial score (nSPS) is 10.7. The fourth-order valence-corrected chi connectivity index (χ4v) is 2.07. The maximum atomic E-state index is 13.0. The first-order valence-corrected chi connectivity index (χ1v) is 6.26. The highest BCUT2D eigenvalue weighted by molar-refractivity contribution is 6.01. The highest BCUT2D eigenvalue weighted by Gasteiger charge is 2.13. The van der Waals surface area contributed by atoms with Crippen LogP contribution in [0.4, 0.5) is 4.39 Å². The Hall–Kier alpha value is -2.82. The summed E-state index contributed by atoms with van der Waals surface area (Å²) in [4.78, 5) is 11.1. The molecule has 0 atom stereocenters. The van der Waals surface area contributed by atoms with Crippen molar-refractivity contribution in [3.8, 4) is 5.75 Å². The molecule has 4 nitrogen and oxygen atoms in total. The van der Waals surface area contributed by atoms with E-state index in [0.29, 0.717) is 22.5 Å². The van der Waals surface area contributed by atoms with Crippen molar-refractivity contribution in [3.05, 3.63) is 65.7 Å². The quantitative estimate of drug-likeness (QED) is 0.791. The van der Waals surface area contributed by atoms with Crippen LogP contribution in [0.3, 0.4) is 0 Å². The number of para-hydroxylation sites is 1. The third-order valence-corrected chi connectivity index (χ3v) is 3.00. The predicted molar refractivity (Wildman–Crippen MR) is 73.9 cm³/mol. The summed E-state index contributed by atoms with van der Waals surface area (Å²) in [6.45, 7) is 0.0944. The molecule has 3 aromatic rings. The first-order valence-electron chi connectivity index (χ1n) is 6.26. The molecule has 21 heavy (non-hydrogen) atoms. The van der Waals surface area contributed by atoms with Gasteiger partial charge >= 0.3 is 5.97 Å². The smallest absolute Gasteiger partial charge is 0.339 e. The summed E-state index contributed by atoms with van der Waals surface area (Å²) in [5.41, 5.74) is 0.410. The predicted octanol–water partition coefficient (Wildman–Crippen LogP) is 3.85. The van der Waals surface area contributed by atoms with E-state index < -0.39 is 5.97 Å². The van der Waals surface area contributed by atoms with Gasteiger partial charge in [-0.05, 0) is 24.3 Å². The lowest BCUT2D eigenvalue weighted by Gasteiger charge is -2.03. The van der Waals surface area contributed by atoms with Gasteiger partial charge in [-0.3, -0.25) is 0 Å². The van der Waals surface area contributed by atoms with Gasteiger partial charge in [-0.25, -0.2) is 9.18 Å². The van der Waals surface area contributed by atoms with E-state index in [9.17, 15) is 9.18 Å². The van der Waals surface area contributed by atoms with Crippen molar-refractivity contribution < 1.29 is 23.4 Å². The van der Waals surface area contributed by atoms with Crippen molar-refractivity contribution in [2.45, 2.75) is 6.61 Å². The summed E-state index contributed by atoms with van der Waals surface area (Å²) in [6.07, 6.45) is 0. The van der Waals surface area contributed by atoms with Gasteiger partial charge in [0.25, 0.3) is 0 Å². The first kappa shape index (κ1) is 13.2. The van der Waals surface area contributed by atoms with Gasteiger partial charge in [-0.15, -0.1) is 0 Å². The number of hydrogen-bond donors (Lipinski definition) is 1. The van der Waals surface area contributed by atoms with E-state index in [1.54, 1.807) is 30.3 Å². The zero-order valence-corrected chi connectivity index (χ0v) is 10.9. The summed E-state index contributed by atoms with van der Waals surface area (Å²) in [6, 6.07) is 12.4. The molecule has 0 saturated carbocycles. The molecular weight excluding hydrogens is 275 g/mol. The van der Waals surface area contributed by atoms with Crippen LogP contribution < -0.4 is 4.74 Å². The van der Waals surface area contributed by atoms with Crippen molar-refractivity contribution in [1.82, 2.24) is 0 Å². The van der Waals surface area contributed by atoms with Crippen LogP contribution in [0.15, 0.2) is 52.9 Å². The summed E-state index contributed by atoms with van der Waals surface area (Å²) in [5, 5.41) is 9.79. The summed E-state index contributed by atoms with van der Waals surface area (Å²) in [5.74, 6) is -0.574. The zero-order valence-electron chi connectivity index (χ0n) is 10.9. The number of hydrogen-bond acceptors (Lipinski definition) is 3. The number of furan rings is 1. The van der Waals surface area contributed by atoms with Gasteiger partial charge in [-0.2, -0.15) is 0 Å². The van der Waals surface area contributed by atoms with Crippen LogP contribution in [0.5, 0.6) is 5.75 Å². The SMILES string of the molecule is O=C(O)c1cccc2cc(COc3cccc(F)c3)oc12. The van der Waals surface area contributed by atoms with Gasteiger partial charge in [0.15, 0.2) is 0 Å². The van der Waals surface area contributed by atoms with E-state index in [0.717, 1.165) is 0 Å². The number of benzene rings is 2. The third kappa shape index (κ3) is 2.72. The molecule has 5 heteroatoms. The molecule has 1 heterocycles. The molecule has 1 N–H and O–H groups in total. The molecule has 3 rings (SSSR count). The highest BCUT2D eigenvalue weighted by atomic mass is 19.1. The standard InChI is InChI=1S/C16H11FO4/c17-11-4-2-5-12(8-11)20-9-13-7-10-3-1-6-14(16(18)19)15(10)21-13/h1-8H,9H2,(H,18,19). The van der Waals surface area contributed by atoms with Crippen LogP contribution in [-0.2, 0) is 6.61 Å². The number of rotatable bonds is 4. The van der Waals surface area contributed by atoms with Gasteiger partial charge in [-0.1, -0.05) is 18.2 Å². The van der Waals surface area contributed by atoms with Crippen LogP contribution in [0.25, 0.3) is 11.0 Å². The molecule has 0 unspecified atom stereocenters. The van der Waals surface area contributed by atoms with E-state index in [1.807, 2.05) is 0 Å². The summed E-state index contributed by atoms with van der Waals surface area (Å²) in [7, 11) is 0.